The van der Waals surface area contributed by atoms with E-state index in [0.29, 0.717) is 10.6 Å². The zero-order valence-corrected chi connectivity index (χ0v) is 20.1. The Bertz CT molecular complexity index is 1140. The number of imide groups is 1. The smallest absolute Gasteiger partial charge is 0.294 e. The van der Waals surface area contributed by atoms with Crippen LogP contribution in [0.15, 0.2) is 41.3 Å². The van der Waals surface area contributed by atoms with Gasteiger partial charge in [0.05, 0.1) is 4.91 Å². The summed E-state index contributed by atoms with van der Waals surface area (Å²) in [6, 6.07) is 11.8. The Balaban J connectivity index is 1.44. The van der Waals surface area contributed by atoms with Gasteiger partial charge in [-0.05, 0) is 104 Å². The number of aryl methyl sites for hydroxylation is 3. The predicted octanol–water partition coefficient (Wildman–Crippen LogP) is 5.28. The first-order valence-electron chi connectivity index (χ1n) is 11.3. The average molecular weight is 464 g/mol. The van der Waals surface area contributed by atoms with Crippen LogP contribution in [0.2, 0.25) is 0 Å². The van der Waals surface area contributed by atoms with Crippen LogP contribution in [-0.2, 0) is 9.59 Å². The molecule has 2 aliphatic heterocycles. The lowest BCUT2D eigenvalue weighted by atomic mass is 10.0. The molecule has 33 heavy (non-hydrogen) atoms. The highest BCUT2D eigenvalue weighted by Crippen LogP contribution is 2.33. The van der Waals surface area contributed by atoms with Gasteiger partial charge in [0.2, 0.25) is 5.91 Å². The zero-order chi connectivity index (χ0) is 23.5. The van der Waals surface area contributed by atoms with Crippen LogP contribution < -0.4 is 10.2 Å². The van der Waals surface area contributed by atoms with Crippen LogP contribution in [0.4, 0.5) is 16.2 Å². The van der Waals surface area contributed by atoms with Crippen molar-refractivity contribution in [3.8, 4) is 0 Å². The second-order valence-electron chi connectivity index (χ2n) is 8.70. The van der Waals surface area contributed by atoms with E-state index >= 15 is 0 Å². The van der Waals surface area contributed by atoms with Crippen LogP contribution in [0.5, 0.6) is 0 Å². The van der Waals surface area contributed by atoms with Crippen molar-refractivity contribution in [2.75, 3.05) is 29.9 Å². The third-order valence-electron chi connectivity index (χ3n) is 6.23. The molecule has 0 bridgehead atoms. The number of thioether (sulfide) groups is 1. The zero-order valence-electron chi connectivity index (χ0n) is 19.3. The topological polar surface area (TPSA) is 69.7 Å². The number of amides is 3. The fraction of sp³-hybridized carbons (Fsp3) is 0.346. The van der Waals surface area contributed by atoms with Gasteiger partial charge in [-0.2, -0.15) is 0 Å². The van der Waals surface area contributed by atoms with E-state index in [0.717, 1.165) is 52.0 Å². The third kappa shape index (κ3) is 5.30. The molecule has 0 unspecified atom stereocenters. The van der Waals surface area contributed by atoms with E-state index in [1.54, 1.807) is 6.08 Å². The summed E-state index contributed by atoms with van der Waals surface area (Å²) < 4.78 is 0. The van der Waals surface area contributed by atoms with Gasteiger partial charge in [0, 0.05) is 24.5 Å². The summed E-state index contributed by atoms with van der Waals surface area (Å²) >= 11 is 0.878. The molecule has 4 rings (SSSR count). The lowest BCUT2D eigenvalue weighted by Gasteiger charge is -2.29. The van der Waals surface area contributed by atoms with E-state index < -0.39 is 17.1 Å². The molecule has 0 saturated carbocycles. The fourth-order valence-corrected chi connectivity index (χ4v) is 4.94. The Morgan fingerprint density at radius 2 is 1.73 bits per heavy atom. The highest BCUT2D eigenvalue weighted by atomic mass is 32.2. The number of hydrogen-bond acceptors (Lipinski definition) is 5. The van der Waals surface area contributed by atoms with Gasteiger partial charge in [-0.3, -0.25) is 19.3 Å². The van der Waals surface area contributed by atoms with E-state index in [9.17, 15) is 14.4 Å². The number of carbonyl (C=O) groups excluding carboxylic acids is 3. The van der Waals surface area contributed by atoms with Gasteiger partial charge < -0.3 is 10.2 Å². The van der Waals surface area contributed by atoms with Gasteiger partial charge in [-0.25, -0.2) is 0 Å². The maximum absolute atomic E-state index is 12.9. The summed E-state index contributed by atoms with van der Waals surface area (Å²) in [6.07, 6.45) is 5.46. The summed E-state index contributed by atoms with van der Waals surface area (Å²) in [5, 5.41) is 2.34. The number of anilines is 2. The van der Waals surface area contributed by atoms with Gasteiger partial charge >= 0.3 is 0 Å². The number of nitrogens with one attached hydrogen (secondary N) is 1. The summed E-state index contributed by atoms with van der Waals surface area (Å²) in [5.41, 5.74) is 5.99. The molecule has 1 N–H and O–H groups in total. The second kappa shape index (κ2) is 9.83. The Morgan fingerprint density at radius 1 is 0.970 bits per heavy atom. The minimum Gasteiger partial charge on any atom is -0.372 e. The molecule has 2 aliphatic rings. The molecular formula is C26H29N3O3S. The summed E-state index contributed by atoms with van der Waals surface area (Å²) in [7, 11) is 0. The van der Waals surface area contributed by atoms with Crippen LogP contribution >= 0.6 is 11.8 Å². The Hall–Kier alpha value is -3.06. The summed E-state index contributed by atoms with van der Waals surface area (Å²) in [5.74, 6) is -0.830. The normalized spacial score (nSPS) is 17.7. The molecule has 7 heteroatoms. The molecule has 2 aromatic rings. The van der Waals surface area contributed by atoms with E-state index in [1.807, 2.05) is 45.0 Å². The molecule has 0 aromatic heterocycles. The number of carbonyl (C=O) groups is 3. The molecule has 0 atom stereocenters. The Labute approximate surface area is 199 Å². The van der Waals surface area contributed by atoms with Crippen LogP contribution in [0.25, 0.3) is 6.08 Å². The molecule has 0 radical (unpaired) electrons. The lowest BCUT2D eigenvalue weighted by molar-refractivity contribution is -0.127. The number of piperidine rings is 1. The highest BCUT2D eigenvalue weighted by molar-refractivity contribution is 8.18. The largest absolute Gasteiger partial charge is 0.372 e. The van der Waals surface area contributed by atoms with Crippen molar-refractivity contribution >= 4 is 46.3 Å². The first-order chi connectivity index (χ1) is 15.8. The minimum absolute atomic E-state index is 0.304. The van der Waals surface area contributed by atoms with Crippen LogP contribution in [0, 0.1) is 20.8 Å². The molecule has 2 fully saturated rings. The van der Waals surface area contributed by atoms with Crippen molar-refractivity contribution in [1.82, 2.24) is 4.90 Å². The number of rotatable bonds is 5. The molecule has 2 heterocycles. The summed E-state index contributed by atoms with van der Waals surface area (Å²) in [6.45, 7) is 7.82. The van der Waals surface area contributed by atoms with E-state index in [1.165, 1.54) is 24.9 Å². The van der Waals surface area contributed by atoms with Crippen molar-refractivity contribution in [3.63, 3.8) is 0 Å². The molecule has 0 spiro atoms. The van der Waals surface area contributed by atoms with Gasteiger partial charge in [0.1, 0.15) is 6.54 Å². The van der Waals surface area contributed by atoms with E-state index in [4.69, 9.17) is 0 Å². The molecular weight excluding hydrogens is 434 g/mol. The van der Waals surface area contributed by atoms with Crippen LogP contribution in [-0.4, -0.2) is 41.6 Å². The maximum atomic E-state index is 12.9. The minimum atomic E-state index is -0.431. The van der Waals surface area contributed by atoms with Crippen LogP contribution in [0.1, 0.15) is 41.5 Å². The van der Waals surface area contributed by atoms with Crippen molar-refractivity contribution in [3.05, 3.63) is 63.6 Å². The monoisotopic (exact) mass is 463 g/mol. The average Bonchev–Trinajstić information content (AvgIpc) is 3.05. The van der Waals surface area contributed by atoms with E-state index in [2.05, 4.69) is 22.3 Å². The predicted molar refractivity (Wildman–Crippen MR) is 134 cm³/mol. The molecule has 6 nitrogen and oxygen atoms in total. The maximum Gasteiger partial charge on any atom is 0.294 e. The van der Waals surface area contributed by atoms with Crippen molar-refractivity contribution in [2.45, 2.75) is 40.0 Å². The standard InChI is InChI=1S/C26H29N3O3S/c1-17-7-9-21(13-18(17)2)27-24(30)16-29-25(31)23(33-26(29)32)15-20-8-10-22(14-19(20)3)28-11-5-4-6-12-28/h7-10,13-15H,4-6,11-12,16H2,1-3H3,(H,27,30)/b23-15-. The molecule has 172 valence electrons. The van der Waals surface area contributed by atoms with Crippen LogP contribution in [0.3, 0.4) is 0 Å². The highest BCUT2D eigenvalue weighted by Gasteiger charge is 2.36. The van der Waals surface area contributed by atoms with E-state index in [-0.39, 0.29) is 6.54 Å². The first kappa shape index (κ1) is 23.1. The number of hydrogen-bond donors (Lipinski definition) is 1. The van der Waals surface area contributed by atoms with Crippen molar-refractivity contribution in [1.29, 1.82) is 0 Å². The molecule has 0 aliphatic carbocycles. The molecule has 2 aromatic carbocycles. The van der Waals surface area contributed by atoms with Gasteiger partial charge in [-0.1, -0.05) is 12.1 Å². The van der Waals surface area contributed by atoms with Gasteiger partial charge in [0.15, 0.2) is 0 Å². The number of nitrogens with zero attached hydrogens (tertiary/aromatic N) is 2. The van der Waals surface area contributed by atoms with Gasteiger partial charge in [-0.15, -0.1) is 0 Å². The van der Waals surface area contributed by atoms with Crippen molar-refractivity contribution in [2.24, 2.45) is 0 Å². The second-order valence-corrected chi connectivity index (χ2v) is 9.70. The first-order valence-corrected chi connectivity index (χ1v) is 12.1. The summed E-state index contributed by atoms with van der Waals surface area (Å²) in [4.78, 5) is 41.5. The van der Waals surface area contributed by atoms with Gasteiger partial charge in [0.25, 0.3) is 11.1 Å². The Kier molecular flexibility index (Phi) is 6.88. The quantitative estimate of drug-likeness (QED) is 0.611. The van der Waals surface area contributed by atoms with Crippen molar-refractivity contribution < 1.29 is 14.4 Å². The SMILES string of the molecule is Cc1ccc(NC(=O)CN2C(=O)S/C(=C\c3ccc(N4CCCCC4)cc3C)C2=O)cc1C. The number of benzene rings is 2. The molecule has 2 saturated heterocycles. The molecule has 3 amide bonds. The Morgan fingerprint density at radius 3 is 2.42 bits per heavy atom. The fourth-order valence-electron chi connectivity index (χ4n) is 4.11. The lowest BCUT2D eigenvalue weighted by Crippen LogP contribution is -2.36. The third-order valence-corrected chi connectivity index (χ3v) is 7.13.